The lowest BCUT2D eigenvalue weighted by molar-refractivity contribution is 0.0850. The van der Waals surface area contributed by atoms with Crippen molar-refractivity contribution in [3.05, 3.63) is 28.8 Å². The molecule has 1 saturated heterocycles. The van der Waals surface area contributed by atoms with Gasteiger partial charge < -0.3 is 10.1 Å². The minimum atomic E-state index is -1.25. The van der Waals surface area contributed by atoms with Crippen molar-refractivity contribution >= 4 is 0 Å². The molecular weight excluding hydrogens is 193 g/mol. The van der Waals surface area contributed by atoms with Crippen LogP contribution in [0.3, 0.4) is 0 Å². The van der Waals surface area contributed by atoms with Gasteiger partial charge in [0.2, 0.25) is 0 Å². The van der Waals surface area contributed by atoms with E-state index in [2.05, 4.69) is 5.32 Å². The molecule has 1 fully saturated rings. The first-order valence-electron chi connectivity index (χ1n) is 5.12. The maximum absolute atomic E-state index is 14.3. The van der Waals surface area contributed by atoms with Gasteiger partial charge in [0.15, 0.2) is 5.67 Å². The first kappa shape index (κ1) is 10.4. The van der Waals surface area contributed by atoms with Gasteiger partial charge in [-0.1, -0.05) is 6.07 Å². The number of aryl methyl sites for hydroxylation is 2. The van der Waals surface area contributed by atoms with Crippen LogP contribution in [0.4, 0.5) is 4.39 Å². The van der Waals surface area contributed by atoms with Crippen LogP contribution in [0.15, 0.2) is 12.1 Å². The molecule has 0 atom stereocenters. The fourth-order valence-corrected chi connectivity index (χ4v) is 2.19. The van der Waals surface area contributed by atoms with Gasteiger partial charge in [-0.05, 0) is 31.0 Å². The Hall–Kier alpha value is -1.09. The second kappa shape index (κ2) is 3.49. The van der Waals surface area contributed by atoms with Crippen molar-refractivity contribution in [1.82, 2.24) is 5.32 Å². The lowest BCUT2D eigenvalue weighted by Gasteiger charge is -2.37. The third-order valence-corrected chi connectivity index (χ3v) is 2.92. The molecule has 1 heterocycles. The Kier molecular flexibility index (Phi) is 2.43. The molecule has 3 heteroatoms. The molecule has 2 rings (SSSR count). The van der Waals surface area contributed by atoms with Gasteiger partial charge in [-0.2, -0.15) is 0 Å². The minimum Gasteiger partial charge on any atom is -0.496 e. The van der Waals surface area contributed by atoms with Crippen LogP contribution in [-0.2, 0) is 5.67 Å². The molecular formula is C12H16FNO. The van der Waals surface area contributed by atoms with Gasteiger partial charge >= 0.3 is 0 Å². The highest BCUT2D eigenvalue weighted by molar-refractivity contribution is 5.48. The molecule has 1 aliphatic heterocycles. The number of benzene rings is 1. The van der Waals surface area contributed by atoms with Crippen molar-refractivity contribution < 1.29 is 9.13 Å². The van der Waals surface area contributed by atoms with E-state index in [9.17, 15) is 4.39 Å². The molecule has 1 N–H and O–H groups in total. The summed E-state index contributed by atoms with van der Waals surface area (Å²) < 4.78 is 19.6. The maximum Gasteiger partial charge on any atom is 0.164 e. The molecule has 1 aromatic carbocycles. The van der Waals surface area contributed by atoms with Crippen LogP contribution in [0.1, 0.15) is 16.7 Å². The van der Waals surface area contributed by atoms with Gasteiger partial charge in [0.05, 0.1) is 7.11 Å². The number of alkyl halides is 1. The molecule has 0 saturated carbocycles. The highest BCUT2D eigenvalue weighted by atomic mass is 19.1. The lowest BCUT2D eigenvalue weighted by Crippen LogP contribution is -2.54. The first-order valence-corrected chi connectivity index (χ1v) is 5.12. The third kappa shape index (κ3) is 1.61. The molecule has 0 amide bonds. The van der Waals surface area contributed by atoms with Crippen LogP contribution in [0.2, 0.25) is 0 Å². The van der Waals surface area contributed by atoms with E-state index in [-0.39, 0.29) is 0 Å². The summed E-state index contributed by atoms with van der Waals surface area (Å²) in [6.07, 6.45) is 0. The van der Waals surface area contributed by atoms with Gasteiger partial charge in [0, 0.05) is 18.7 Å². The quantitative estimate of drug-likeness (QED) is 0.805. The van der Waals surface area contributed by atoms with Crippen molar-refractivity contribution in [2.75, 3.05) is 20.2 Å². The SMILES string of the molecule is COc1cc(C)cc(C)c1C1(F)CNC1. The van der Waals surface area contributed by atoms with E-state index in [1.807, 2.05) is 26.0 Å². The molecule has 0 radical (unpaired) electrons. The van der Waals surface area contributed by atoms with Crippen molar-refractivity contribution in [1.29, 1.82) is 0 Å². The monoisotopic (exact) mass is 209 g/mol. The van der Waals surface area contributed by atoms with Crippen molar-refractivity contribution in [3.63, 3.8) is 0 Å². The Morgan fingerprint density at radius 1 is 1.33 bits per heavy atom. The Bertz CT molecular complexity index is 385. The zero-order chi connectivity index (χ0) is 11.1. The third-order valence-electron chi connectivity index (χ3n) is 2.92. The summed E-state index contributed by atoms with van der Waals surface area (Å²) >= 11 is 0. The van der Waals surface area contributed by atoms with E-state index in [1.54, 1.807) is 7.11 Å². The van der Waals surface area contributed by atoms with Gasteiger partial charge in [0.25, 0.3) is 0 Å². The molecule has 0 spiro atoms. The number of hydrogen-bond donors (Lipinski definition) is 1. The lowest BCUT2D eigenvalue weighted by atomic mass is 9.85. The molecule has 2 nitrogen and oxygen atoms in total. The van der Waals surface area contributed by atoms with Crippen LogP contribution in [0.25, 0.3) is 0 Å². The van der Waals surface area contributed by atoms with Crippen LogP contribution < -0.4 is 10.1 Å². The molecule has 0 aliphatic carbocycles. The summed E-state index contributed by atoms with van der Waals surface area (Å²) in [5.74, 6) is 0.663. The number of halogens is 1. The number of methoxy groups -OCH3 is 1. The summed E-state index contributed by atoms with van der Waals surface area (Å²) in [6, 6.07) is 3.89. The molecule has 15 heavy (non-hydrogen) atoms. The van der Waals surface area contributed by atoms with E-state index in [0.29, 0.717) is 24.4 Å². The van der Waals surface area contributed by atoms with Gasteiger partial charge in [0.1, 0.15) is 5.75 Å². The van der Waals surface area contributed by atoms with Crippen LogP contribution in [0, 0.1) is 13.8 Å². The largest absolute Gasteiger partial charge is 0.496 e. The first-order chi connectivity index (χ1) is 7.07. The summed E-state index contributed by atoms with van der Waals surface area (Å²) in [5.41, 5.74) is 1.53. The van der Waals surface area contributed by atoms with E-state index in [4.69, 9.17) is 4.74 Å². The molecule has 0 bridgehead atoms. The fourth-order valence-electron chi connectivity index (χ4n) is 2.19. The summed E-state index contributed by atoms with van der Waals surface area (Å²) in [7, 11) is 1.59. The van der Waals surface area contributed by atoms with Gasteiger partial charge in [-0.25, -0.2) is 4.39 Å². The van der Waals surface area contributed by atoms with E-state index in [0.717, 1.165) is 11.1 Å². The van der Waals surface area contributed by atoms with Crippen LogP contribution in [0.5, 0.6) is 5.75 Å². The second-order valence-corrected chi connectivity index (χ2v) is 4.23. The minimum absolute atomic E-state index is 0.382. The van der Waals surface area contributed by atoms with Gasteiger partial charge in [-0.3, -0.25) is 0 Å². The van der Waals surface area contributed by atoms with E-state index in [1.165, 1.54) is 0 Å². The maximum atomic E-state index is 14.3. The predicted molar refractivity (Wildman–Crippen MR) is 58.1 cm³/mol. The standard InChI is InChI=1S/C12H16FNO/c1-8-4-9(2)11(10(5-8)15-3)12(13)6-14-7-12/h4-5,14H,6-7H2,1-3H3. The summed E-state index contributed by atoms with van der Waals surface area (Å²) in [4.78, 5) is 0. The molecule has 0 unspecified atom stereocenters. The average molecular weight is 209 g/mol. The van der Waals surface area contributed by atoms with Crippen LogP contribution >= 0.6 is 0 Å². The molecule has 0 aromatic heterocycles. The summed E-state index contributed by atoms with van der Waals surface area (Å²) in [6.45, 7) is 4.69. The Labute approximate surface area is 89.4 Å². The van der Waals surface area contributed by atoms with Crippen molar-refractivity contribution in [2.24, 2.45) is 0 Å². The number of hydrogen-bond acceptors (Lipinski definition) is 2. The molecule has 82 valence electrons. The number of rotatable bonds is 2. The second-order valence-electron chi connectivity index (χ2n) is 4.23. The topological polar surface area (TPSA) is 21.3 Å². The summed E-state index contributed by atoms with van der Waals surface area (Å²) in [5, 5.41) is 2.96. The Balaban J connectivity index is 2.53. The fraction of sp³-hybridized carbons (Fsp3) is 0.500. The smallest absolute Gasteiger partial charge is 0.164 e. The highest BCUT2D eigenvalue weighted by Gasteiger charge is 2.42. The zero-order valence-electron chi connectivity index (χ0n) is 9.36. The molecule has 1 aliphatic rings. The van der Waals surface area contributed by atoms with E-state index >= 15 is 0 Å². The Morgan fingerprint density at radius 3 is 2.47 bits per heavy atom. The highest BCUT2D eigenvalue weighted by Crippen LogP contribution is 2.39. The zero-order valence-corrected chi connectivity index (χ0v) is 9.36. The number of ether oxygens (including phenoxy) is 1. The Morgan fingerprint density at radius 2 is 2.00 bits per heavy atom. The van der Waals surface area contributed by atoms with Crippen molar-refractivity contribution in [3.8, 4) is 5.75 Å². The predicted octanol–water partition coefficient (Wildman–Crippen LogP) is 2.08. The van der Waals surface area contributed by atoms with E-state index < -0.39 is 5.67 Å². The molecule has 1 aromatic rings. The average Bonchev–Trinajstić information content (AvgIpc) is 2.13. The normalized spacial score (nSPS) is 18.4. The van der Waals surface area contributed by atoms with Crippen LogP contribution in [-0.4, -0.2) is 20.2 Å². The number of nitrogens with one attached hydrogen (secondary N) is 1. The van der Waals surface area contributed by atoms with Crippen molar-refractivity contribution in [2.45, 2.75) is 19.5 Å². The van der Waals surface area contributed by atoms with Gasteiger partial charge in [-0.15, -0.1) is 0 Å².